The molecular formula is C59H34N4OS. The van der Waals surface area contributed by atoms with E-state index in [1.54, 1.807) is 11.3 Å². The minimum absolute atomic E-state index is 0.577. The van der Waals surface area contributed by atoms with E-state index in [2.05, 4.69) is 180 Å². The van der Waals surface area contributed by atoms with Crippen LogP contribution >= 0.6 is 11.3 Å². The molecule has 0 fully saturated rings. The molecule has 0 aliphatic rings. The third kappa shape index (κ3) is 5.61. The van der Waals surface area contributed by atoms with Crippen molar-refractivity contribution >= 4 is 96.8 Å². The number of hydrogen-bond donors (Lipinski definition) is 0. The first-order valence-corrected chi connectivity index (χ1v) is 22.7. The molecule has 0 atom stereocenters. The van der Waals surface area contributed by atoms with Gasteiger partial charge in [0.05, 0.1) is 16.7 Å². The van der Waals surface area contributed by atoms with Crippen LogP contribution in [0.1, 0.15) is 0 Å². The number of nitrogens with zero attached hydrogens (tertiary/aromatic N) is 4. The second-order valence-electron chi connectivity index (χ2n) is 16.7. The summed E-state index contributed by atoms with van der Waals surface area (Å²) in [5, 5.41) is 11.6. The van der Waals surface area contributed by atoms with Crippen LogP contribution in [0.5, 0.6) is 0 Å². The van der Waals surface area contributed by atoms with Gasteiger partial charge < -0.3 is 8.98 Å². The fourth-order valence-corrected chi connectivity index (χ4v) is 11.1. The molecule has 65 heavy (non-hydrogen) atoms. The van der Waals surface area contributed by atoms with Gasteiger partial charge in [0, 0.05) is 63.8 Å². The minimum Gasteiger partial charge on any atom is -0.456 e. The SMILES string of the molecule is c1ccc(-c2cccc(-c3nc(-c4cc5sc6ccccc6c5cc4-n4c5cc6ccccc6cc5c5ccc6ccccc6c54)nc(-c4cccc5oc6ccccc6c45)n3)c2)cc1. The first-order valence-electron chi connectivity index (χ1n) is 21.8. The van der Waals surface area contributed by atoms with Crippen LogP contribution in [0.2, 0.25) is 0 Å². The summed E-state index contributed by atoms with van der Waals surface area (Å²) in [5.74, 6) is 1.76. The first-order chi connectivity index (χ1) is 32.2. The molecule has 5 nitrogen and oxygen atoms in total. The topological polar surface area (TPSA) is 56.7 Å². The Bertz CT molecular complexity index is 4260. The van der Waals surface area contributed by atoms with Crippen molar-refractivity contribution < 1.29 is 4.42 Å². The largest absolute Gasteiger partial charge is 0.456 e. The standard InChI is InChI=1S/C59H34N4OS/c1-2-14-35(15-3-1)37-19-12-20-40(30-37)57-60-58(45-24-13-26-52-55(45)44-23-8-10-25-51(44)64-52)62-59(61-57)48-34-54-47(42-22-9-11-27-53(42)65-54)33-50(48)63-49-32-39-18-5-4-17-38(39)31-46(49)43-29-28-36-16-6-7-21-41(36)56(43)63/h1-34H. The van der Waals surface area contributed by atoms with E-state index >= 15 is 0 Å². The monoisotopic (exact) mass is 846 g/mol. The number of fused-ring (bicyclic) bond motifs is 12. The molecule has 0 amide bonds. The zero-order valence-corrected chi connectivity index (χ0v) is 35.6. The molecule has 10 aromatic carbocycles. The van der Waals surface area contributed by atoms with Gasteiger partial charge in [-0.25, -0.2) is 15.0 Å². The van der Waals surface area contributed by atoms with Gasteiger partial charge in [-0.15, -0.1) is 11.3 Å². The maximum atomic E-state index is 6.43. The van der Waals surface area contributed by atoms with Crippen LogP contribution in [0.4, 0.5) is 0 Å². The Morgan fingerprint density at radius 2 is 1.03 bits per heavy atom. The summed E-state index contributed by atoms with van der Waals surface area (Å²) >= 11 is 1.80. The Morgan fingerprint density at radius 3 is 1.91 bits per heavy atom. The lowest BCUT2D eigenvalue weighted by molar-refractivity contribution is 0.669. The van der Waals surface area contributed by atoms with Gasteiger partial charge in [-0.3, -0.25) is 0 Å². The molecule has 0 aliphatic carbocycles. The van der Waals surface area contributed by atoms with Crippen molar-refractivity contribution in [2.75, 3.05) is 0 Å². The Morgan fingerprint density at radius 1 is 0.369 bits per heavy atom. The van der Waals surface area contributed by atoms with Crippen molar-refractivity contribution in [1.82, 2.24) is 19.5 Å². The Labute approximate surface area is 376 Å². The Kier molecular flexibility index (Phi) is 7.79. The molecule has 6 heteroatoms. The van der Waals surface area contributed by atoms with E-state index in [9.17, 15) is 0 Å². The quantitative estimate of drug-likeness (QED) is 0.173. The number of hydrogen-bond acceptors (Lipinski definition) is 5. The molecule has 302 valence electrons. The van der Waals surface area contributed by atoms with Crippen molar-refractivity contribution in [2.24, 2.45) is 0 Å². The number of furan rings is 1. The molecule has 0 saturated heterocycles. The lowest BCUT2D eigenvalue weighted by atomic mass is 10.0. The van der Waals surface area contributed by atoms with Crippen LogP contribution in [0.3, 0.4) is 0 Å². The number of thiophene rings is 1. The van der Waals surface area contributed by atoms with E-state index < -0.39 is 0 Å². The molecule has 14 rings (SSSR count). The summed E-state index contributed by atoms with van der Waals surface area (Å²) in [7, 11) is 0. The average molecular weight is 847 g/mol. The van der Waals surface area contributed by atoms with Gasteiger partial charge in [-0.1, -0.05) is 158 Å². The number of aromatic nitrogens is 4. The zero-order valence-electron chi connectivity index (χ0n) is 34.7. The molecule has 0 saturated carbocycles. The second-order valence-corrected chi connectivity index (χ2v) is 17.8. The van der Waals surface area contributed by atoms with Gasteiger partial charge in [-0.2, -0.15) is 0 Å². The van der Waals surface area contributed by atoms with Crippen molar-refractivity contribution in [2.45, 2.75) is 0 Å². The summed E-state index contributed by atoms with van der Waals surface area (Å²) in [6.45, 7) is 0. The third-order valence-electron chi connectivity index (χ3n) is 13.0. The summed E-state index contributed by atoms with van der Waals surface area (Å²) in [5.41, 5.74) is 9.79. The Balaban J connectivity index is 1.13. The molecule has 0 N–H and O–H groups in total. The Hall–Kier alpha value is -8.45. The van der Waals surface area contributed by atoms with E-state index in [4.69, 9.17) is 19.4 Å². The molecule has 4 heterocycles. The highest BCUT2D eigenvalue weighted by molar-refractivity contribution is 7.25. The first kappa shape index (κ1) is 36.1. The van der Waals surface area contributed by atoms with E-state index in [0.29, 0.717) is 17.5 Å². The highest BCUT2D eigenvalue weighted by Gasteiger charge is 2.24. The zero-order chi connectivity index (χ0) is 42.6. The average Bonchev–Trinajstić information content (AvgIpc) is 4.04. The van der Waals surface area contributed by atoms with Crippen LogP contribution in [0.15, 0.2) is 211 Å². The maximum Gasteiger partial charge on any atom is 0.166 e. The molecule has 4 aromatic heterocycles. The molecule has 0 bridgehead atoms. The summed E-state index contributed by atoms with van der Waals surface area (Å²) in [6, 6.07) is 73.4. The van der Waals surface area contributed by atoms with Crippen molar-refractivity contribution in [3.63, 3.8) is 0 Å². The van der Waals surface area contributed by atoms with E-state index in [1.165, 1.54) is 52.5 Å². The highest BCUT2D eigenvalue weighted by atomic mass is 32.1. The van der Waals surface area contributed by atoms with Gasteiger partial charge in [0.2, 0.25) is 0 Å². The third-order valence-corrected chi connectivity index (χ3v) is 14.1. The fourth-order valence-electron chi connectivity index (χ4n) is 10.0. The van der Waals surface area contributed by atoms with E-state index in [-0.39, 0.29) is 0 Å². The molecule has 0 radical (unpaired) electrons. The van der Waals surface area contributed by atoms with Crippen molar-refractivity contribution in [3.05, 3.63) is 206 Å². The van der Waals surface area contributed by atoms with Gasteiger partial charge >= 0.3 is 0 Å². The molecule has 0 aliphatic heterocycles. The van der Waals surface area contributed by atoms with Crippen LogP contribution in [0, 0.1) is 0 Å². The van der Waals surface area contributed by atoms with Gasteiger partial charge in [-0.05, 0) is 75.8 Å². The van der Waals surface area contributed by atoms with Crippen molar-refractivity contribution in [1.29, 1.82) is 0 Å². The molecule has 0 spiro atoms. The normalized spacial score (nSPS) is 12.0. The fraction of sp³-hybridized carbons (Fsp3) is 0. The smallest absolute Gasteiger partial charge is 0.166 e. The maximum absolute atomic E-state index is 6.43. The highest BCUT2D eigenvalue weighted by Crippen LogP contribution is 2.45. The lowest BCUT2D eigenvalue weighted by Crippen LogP contribution is -2.04. The van der Waals surface area contributed by atoms with Crippen LogP contribution < -0.4 is 0 Å². The predicted molar refractivity (Wildman–Crippen MR) is 271 cm³/mol. The van der Waals surface area contributed by atoms with Crippen LogP contribution in [-0.2, 0) is 0 Å². The van der Waals surface area contributed by atoms with Crippen molar-refractivity contribution in [3.8, 4) is 51.0 Å². The van der Waals surface area contributed by atoms with Crippen LogP contribution in [0.25, 0.3) is 136 Å². The molecule has 0 unspecified atom stereocenters. The van der Waals surface area contributed by atoms with E-state index in [1.807, 2.05) is 30.3 Å². The van der Waals surface area contributed by atoms with Gasteiger partial charge in [0.25, 0.3) is 0 Å². The molecular weight excluding hydrogens is 813 g/mol. The van der Waals surface area contributed by atoms with E-state index in [0.717, 1.165) is 66.5 Å². The minimum atomic E-state index is 0.577. The lowest BCUT2D eigenvalue weighted by Gasteiger charge is -2.16. The number of rotatable bonds is 5. The summed E-state index contributed by atoms with van der Waals surface area (Å²) < 4.78 is 11.3. The van der Waals surface area contributed by atoms with Gasteiger partial charge in [0.15, 0.2) is 17.5 Å². The summed E-state index contributed by atoms with van der Waals surface area (Å²) in [4.78, 5) is 16.4. The van der Waals surface area contributed by atoms with Crippen LogP contribution in [-0.4, -0.2) is 19.5 Å². The predicted octanol–water partition coefficient (Wildman–Crippen LogP) is 16.2. The summed E-state index contributed by atoms with van der Waals surface area (Å²) in [6.07, 6.45) is 0. The second kappa shape index (κ2) is 14.0. The molecule has 14 aromatic rings. The number of benzene rings is 10. The number of para-hydroxylation sites is 1. The van der Waals surface area contributed by atoms with Gasteiger partial charge in [0.1, 0.15) is 11.2 Å².